The van der Waals surface area contributed by atoms with Gasteiger partial charge in [-0.25, -0.2) is 4.98 Å². The predicted octanol–water partition coefficient (Wildman–Crippen LogP) is 1.60. The van der Waals surface area contributed by atoms with Crippen LogP contribution in [0.4, 0.5) is 0 Å². The number of ether oxygens (including phenoxy) is 1. The van der Waals surface area contributed by atoms with Crippen molar-refractivity contribution < 1.29 is 14.1 Å². The molecule has 3 heterocycles. The molecule has 9 heteroatoms. The molecule has 3 rings (SSSR count). The first-order valence-corrected chi connectivity index (χ1v) is 7.81. The summed E-state index contributed by atoms with van der Waals surface area (Å²) >= 11 is 5.93. The smallest absolute Gasteiger partial charge is 0.229 e. The SMILES string of the molecule is Cc1nc([C@H]2CN(C(=O)CCc3c(C)noc3Cl)CCO2)n[nH]1. The maximum absolute atomic E-state index is 12.4. The fourth-order valence-corrected chi connectivity index (χ4v) is 2.83. The highest BCUT2D eigenvalue weighted by atomic mass is 35.5. The van der Waals surface area contributed by atoms with E-state index in [1.54, 1.807) is 4.90 Å². The number of aryl methyl sites for hydroxylation is 2. The molecule has 8 nitrogen and oxygen atoms in total. The van der Waals surface area contributed by atoms with Gasteiger partial charge in [-0.05, 0) is 31.9 Å². The number of rotatable bonds is 4. The van der Waals surface area contributed by atoms with Crippen molar-refractivity contribution in [2.45, 2.75) is 32.8 Å². The van der Waals surface area contributed by atoms with Gasteiger partial charge in [-0.3, -0.25) is 9.89 Å². The van der Waals surface area contributed by atoms with E-state index >= 15 is 0 Å². The molecule has 0 saturated carbocycles. The molecule has 0 spiro atoms. The van der Waals surface area contributed by atoms with Crippen LogP contribution in [0.2, 0.25) is 5.22 Å². The largest absolute Gasteiger partial charge is 0.366 e. The van der Waals surface area contributed by atoms with Crippen LogP contribution < -0.4 is 0 Å². The summed E-state index contributed by atoms with van der Waals surface area (Å²) in [6, 6.07) is 0. The van der Waals surface area contributed by atoms with Crippen molar-refractivity contribution in [1.29, 1.82) is 0 Å². The zero-order valence-corrected chi connectivity index (χ0v) is 13.8. The van der Waals surface area contributed by atoms with Crippen LogP contribution in [0.5, 0.6) is 0 Å². The van der Waals surface area contributed by atoms with E-state index in [1.807, 2.05) is 13.8 Å². The molecule has 124 valence electrons. The Hall–Kier alpha value is -1.93. The van der Waals surface area contributed by atoms with Gasteiger partial charge in [-0.2, -0.15) is 5.10 Å². The van der Waals surface area contributed by atoms with Gasteiger partial charge < -0.3 is 14.2 Å². The summed E-state index contributed by atoms with van der Waals surface area (Å²) in [6.07, 6.45) is 0.564. The normalized spacial score (nSPS) is 18.4. The summed E-state index contributed by atoms with van der Waals surface area (Å²) in [5.41, 5.74) is 1.51. The van der Waals surface area contributed by atoms with E-state index < -0.39 is 0 Å². The molecule has 23 heavy (non-hydrogen) atoms. The fourth-order valence-electron chi connectivity index (χ4n) is 2.57. The molecule has 1 N–H and O–H groups in total. The summed E-state index contributed by atoms with van der Waals surface area (Å²) < 4.78 is 10.6. The Balaban J connectivity index is 1.59. The Morgan fingerprint density at radius 2 is 2.30 bits per heavy atom. The number of amides is 1. The van der Waals surface area contributed by atoms with Gasteiger partial charge in [0.1, 0.15) is 11.9 Å². The molecule has 0 unspecified atom stereocenters. The van der Waals surface area contributed by atoms with E-state index in [4.69, 9.17) is 20.9 Å². The Morgan fingerprint density at radius 3 is 2.96 bits per heavy atom. The quantitative estimate of drug-likeness (QED) is 0.908. The molecule has 0 bridgehead atoms. The maximum atomic E-state index is 12.4. The molecule has 2 aromatic rings. The highest BCUT2D eigenvalue weighted by Gasteiger charge is 2.28. The second-order valence-electron chi connectivity index (χ2n) is 5.50. The van der Waals surface area contributed by atoms with Crippen LogP contribution in [0.3, 0.4) is 0 Å². The van der Waals surface area contributed by atoms with Crippen LogP contribution in [0.1, 0.15) is 35.4 Å². The summed E-state index contributed by atoms with van der Waals surface area (Å²) in [5.74, 6) is 1.35. The fraction of sp³-hybridized carbons (Fsp3) is 0.571. The second-order valence-corrected chi connectivity index (χ2v) is 5.84. The zero-order chi connectivity index (χ0) is 16.4. The van der Waals surface area contributed by atoms with Crippen molar-refractivity contribution in [2.24, 2.45) is 0 Å². The monoisotopic (exact) mass is 339 g/mol. The van der Waals surface area contributed by atoms with Crippen LogP contribution in [0.15, 0.2) is 4.52 Å². The molecule has 1 aliphatic heterocycles. The van der Waals surface area contributed by atoms with E-state index in [9.17, 15) is 4.79 Å². The number of morpholine rings is 1. The van der Waals surface area contributed by atoms with Gasteiger partial charge in [0.15, 0.2) is 5.82 Å². The number of hydrogen-bond donors (Lipinski definition) is 1. The third-order valence-electron chi connectivity index (χ3n) is 3.85. The molecule has 1 saturated heterocycles. The van der Waals surface area contributed by atoms with Crippen molar-refractivity contribution in [3.63, 3.8) is 0 Å². The number of nitrogens with zero attached hydrogens (tertiary/aromatic N) is 4. The lowest BCUT2D eigenvalue weighted by molar-refractivity contribution is -0.139. The van der Waals surface area contributed by atoms with Crippen molar-refractivity contribution in [3.8, 4) is 0 Å². The van der Waals surface area contributed by atoms with E-state index in [2.05, 4.69) is 20.3 Å². The van der Waals surface area contributed by atoms with Crippen molar-refractivity contribution in [3.05, 3.63) is 28.1 Å². The number of aromatic amines is 1. The number of carbonyl (C=O) groups excluding carboxylic acids is 1. The highest BCUT2D eigenvalue weighted by Crippen LogP contribution is 2.23. The molecule has 1 fully saturated rings. The summed E-state index contributed by atoms with van der Waals surface area (Å²) in [7, 11) is 0. The van der Waals surface area contributed by atoms with Gasteiger partial charge in [-0.1, -0.05) is 5.16 Å². The zero-order valence-electron chi connectivity index (χ0n) is 13.0. The first-order valence-electron chi connectivity index (χ1n) is 7.43. The third kappa shape index (κ3) is 3.53. The van der Waals surface area contributed by atoms with Gasteiger partial charge in [0.25, 0.3) is 0 Å². The van der Waals surface area contributed by atoms with Crippen molar-refractivity contribution in [2.75, 3.05) is 19.7 Å². The van der Waals surface area contributed by atoms with Crippen molar-refractivity contribution in [1.82, 2.24) is 25.2 Å². The van der Waals surface area contributed by atoms with Crippen LogP contribution in [0, 0.1) is 13.8 Å². The van der Waals surface area contributed by atoms with E-state index in [-0.39, 0.29) is 17.2 Å². The minimum absolute atomic E-state index is 0.0437. The number of H-pyrrole nitrogens is 1. The van der Waals surface area contributed by atoms with Crippen LogP contribution in [-0.2, 0) is 16.0 Å². The lowest BCUT2D eigenvalue weighted by atomic mass is 10.1. The standard InChI is InChI=1S/C14H18ClN5O3/c1-8-10(13(15)23-19-8)3-4-12(21)20-5-6-22-11(7-20)14-16-9(2)17-18-14/h11H,3-7H2,1-2H3,(H,16,17,18)/t11-/m1/s1. The molecule has 1 atom stereocenters. The molecule has 0 aliphatic carbocycles. The molecule has 1 amide bonds. The lowest BCUT2D eigenvalue weighted by Crippen LogP contribution is -2.42. The molecule has 1 aliphatic rings. The molecular formula is C14H18ClN5O3. The Bertz CT molecular complexity index is 679. The Labute approximate surface area is 138 Å². The minimum atomic E-state index is -0.293. The van der Waals surface area contributed by atoms with Gasteiger partial charge in [0, 0.05) is 18.5 Å². The van der Waals surface area contributed by atoms with Crippen LogP contribution >= 0.6 is 11.6 Å². The molecule has 0 radical (unpaired) electrons. The number of hydrogen-bond acceptors (Lipinski definition) is 6. The van der Waals surface area contributed by atoms with Gasteiger partial charge in [0.2, 0.25) is 11.1 Å². The summed E-state index contributed by atoms with van der Waals surface area (Å²) in [4.78, 5) is 18.5. The topological polar surface area (TPSA) is 97.1 Å². The lowest BCUT2D eigenvalue weighted by Gasteiger charge is -2.31. The molecule has 2 aromatic heterocycles. The van der Waals surface area contributed by atoms with Gasteiger partial charge in [-0.15, -0.1) is 0 Å². The maximum Gasteiger partial charge on any atom is 0.229 e. The third-order valence-corrected chi connectivity index (χ3v) is 4.14. The van der Waals surface area contributed by atoms with E-state index in [1.165, 1.54) is 0 Å². The predicted molar refractivity (Wildman–Crippen MR) is 81.0 cm³/mol. The first-order chi connectivity index (χ1) is 11.0. The van der Waals surface area contributed by atoms with Gasteiger partial charge in [0.05, 0.1) is 18.8 Å². The summed E-state index contributed by atoms with van der Waals surface area (Å²) in [5, 5.41) is 10.9. The number of nitrogens with one attached hydrogen (secondary N) is 1. The molecular weight excluding hydrogens is 322 g/mol. The van der Waals surface area contributed by atoms with Crippen LogP contribution in [-0.4, -0.2) is 50.8 Å². The van der Waals surface area contributed by atoms with Gasteiger partial charge >= 0.3 is 0 Å². The number of aromatic nitrogens is 4. The Morgan fingerprint density at radius 1 is 1.48 bits per heavy atom. The number of halogens is 1. The van der Waals surface area contributed by atoms with E-state index in [0.29, 0.717) is 38.4 Å². The van der Waals surface area contributed by atoms with Crippen molar-refractivity contribution >= 4 is 17.5 Å². The first kappa shape index (κ1) is 15.9. The minimum Gasteiger partial charge on any atom is -0.366 e. The average molecular weight is 340 g/mol. The summed E-state index contributed by atoms with van der Waals surface area (Å²) in [6.45, 7) is 5.12. The highest BCUT2D eigenvalue weighted by molar-refractivity contribution is 6.29. The number of carbonyl (C=O) groups is 1. The average Bonchev–Trinajstić information content (AvgIpc) is 3.12. The van der Waals surface area contributed by atoms with E-state index in [0.717, 1.165) is 17.1 Å². The Kier molecular flexibility index (Phi) is 4.63. The molecule has 0 aromatic carbocycles. The van der Waals surface area contributed by atoms with Crippen LogP contribution in [0.25, 0.3) is 0 Å². The second kappa shape index (κ2) is 6.67.